The van der Waals surface area contributed by atoms with E-state index in [-0.39, 0.29) is 11.7 Å². The second-order valence-corrected chi connectivity index (χ2v) is 5.54. The van der Waals surface area contributed by atoms with Crippen molar-refractivity contribution in [3.05, 3.63) is 54.1 Å². The Labute approximate surface area is 129 Å². The van der Waals surface area contributed by atoms with Gasteiger partial charge in [-0.25, -0.2) is 4.39 Å². The number of carbonyl (C=O) groups is 1. The SMILES string of the molecule is O=C(CCc1ccc[nH]1)N1CCN(c2ccc(F)cc2)CC1. The number of aromatic nitrogens is 1. The summed E-state index contributed by atoms with van der Waals surface area (Å²) in [5, 5.41) is 0. The van der Waals surface area contributed by atoms with Crippen LogP contribution in [-0.2, 0) is 11.2 Å². The first-order valence-corrected chi connectivity index (χ1v) is 7.63. The van der Waals surface area contributed by atoms with Crippen molar-refractivity contribution >= 4 is 11.6 Å². The summed E-state index contributed by atoms with van der Waals surface area (Å²) in [5.41, 5.74) is 2.11. The summed E-state index contributed by atoms with van der Waals surface area (Å²) in [7, 11) is 0. The van der Waals surface area contributed by atoms with E-state index in [4.69, 9.17) is 0 Å². The first-order chi connectivity index (χ1) is 10.7. The van der Waals surface area contributed by atoms with Crippen LogP contribution in [0.5, 0.6) is 0 Å². The molecule has 1 fully saturated rings. The predicted molar refractivity (Wildman–Crippen MR) is 84.3 cm³/mol. The zero-order chi connectivity index (χ0) is 15.4. The van der Waals surface area contributed by atoms with Crippen LogP contribution < -0.4 is 4.90 Å². The van der Waals surface area contributed by atoms with Gasteiger partial charge in [0.25, 0.3) is 0 Å². The molecule has 1 aromatic heterocycles. The van der Waals surface area contributed by atoms with Crippen molar-refractivity contribution in [2.24, 2.45) is 0 Å². The van der Waals surface area contributed by atoms with Gasteiger partial charge in [-0.1, -0.05) is 0 Å². The average Bonchev–Trinajstić information content (AvgIpc) is 3.07. The topological polar surface area (TPSA) is 39.3 Å². The number of rotatable bonds is 4. The van der Waals surface area contributed by atoms with Gasteiger partial charge in [0, 0.05) is 50.2 Å². The first kappa shape index (κ1) is 14.6. The number of nitrogens with one attached hydrogen (secondary N) is 1. The molecular weight excluding hydrogens is 281 g/mol. The third-order valence-electron chi connectivity index (χ3n) is 4.09. The number of carbonyl (C=O) groups excluding carboxylic acids is 1. The third kappa shape index (κ3) is 3.47. The highest BCUT2D eigenvalue weighted by Crippen LogP contribution is 2.17. The van der Waals surface area contributed by atoms with Gasteiger partial charge in [-0.3, -0.25) is 4.79 Å². The molecule has 0 bridgehead atoms. The number of piperazine rings is 1. The summed E-state index contributed by atoms with van der Waals surface area (Å²) in [4.78, 5) is 19.5. The van der Waals surface area contributed by atoms with E-state index in [1.165, 1.54) is 12.1 Å². The molecule has 0 spiro atoms. The number of hydrogen-bond donors (Lipinski definition) is 1. The second-order valence-electron chi connectivity index (χ2n) is 5.54. The monoisotopic (exact) mass is 301 g/mol. The molecule has 1 aromatic carbocycles. The molecule has 3 rings (SSSR count). The van der Waals surface area contributed by atoms with E-state index in [9.17, 15) is 9.18 Å². The molecule has 116 valence electrons. The van der Waals surface area contributed by atoms with E-state index in [0.29, 0.717) is 6.42 Å². The van der Waals surface area contributed by atoms with E-state index >= 15 is 0 Å². The van der Waals surface area contributed by atoms with Gasteiger partial charge in [0.15, 0.2) is 0 Å². The molecule has 22 heavy (non-hydrogen) atoms. The molecule has 0 radical (unpaired) electrons. The van der Waals surface area contributed by atoms with Crippen molar-refractivity contribution in [3.8, 4) is 0 Å². The maximum atomic E-state index is 12.9. The molecule has 0 saturated carbocycles. The van der Waals surface area contributed by atoms with Crippen LogP contribution in [0, 0.1) is 5.82 Å². The fraction of sp³-hybridized carbons (Fsp3) is 0.353. The number of halogens is 1. The highest BCUT2D eigenvalue weighted by atomic mass is 19.1. The first-order valence-electron chi connectivity index (χ1n) is 7.63. The summed E-state index contributed by atoms with van der Waals surface area (Å²) < 4.78 is 12.9. The maximum absolute atomic E-state index is 12.9. The highest BCUT2D eigenvalue weighted by Gasteiger charge is 2.21. The van der Waals surface area contributed by atoms with Gasteiger partial charge < -0.3 is 14.8 Å². The number of H-pyrrole nitrogens is 1. The molecule has 0 aliphatic carbocycles. The average molecular weight is 301 g/mol. The molecule has 2 aromatic rings. The van der Waals surface area contributed by atoms with Crippen LogP contribution in [0.3, 0.4) is 0 Å². The number of nitrogens with zero attached hydrogens (tertiary/aromatic N) is 2. The molecular formula is C17H20FN3O. The summed E-state index contributed by atoms with van der Waals surface area (Å²) in [6.07, 6.45) is 3.17. The van der Waals surface area contributed by atoms with Crippen LogP contribution in [0.1, 0.15) is 12.1 Å². The zero-order valence-electron chi connectivity index (χ0n) is 12.5. The number of aryl methyl sites for hydroxylation is 1. The Balaban J connectivity index is 1.48. The standard InChI is InChI=1S/C17H20FN3O/c18-14-3-6-16(7-4-14)20-10-12-21(13-11-20)17(22)8-5-15-2-1-9-19-15/h1-4,6-7,9,19H,5,8,10-13H2. The molecule has 4 nitrogen and oxygen atoms in total. The van der Waals surface area contributed by atoms with E-state index < -0.39 is 0 Å². The second kappa shape index (κ2) is 6.64. The predicted octanol–water partition coefficient (Wildman–Crippen LogP) is 2.44. The Morgan fingerprint density at radius 3 is 2.45 bits per heavy atom. The molecule has 1 aliphatic rings. The lowest BCUT2D eigenvalue weighted by molar-refractivity contribution is -0.131. The van der Waals surface area contributed by atoms with Crippen LogP contribution in [0.4, 0.5) is 10.1 Å². The fourth-order valence-electron chi connectivity index (χ4n) is 2.79. The minimum atomic E-state index is -0.220. The lowest BCUT2D eigenvalue weighted by Crippen LogP contribution is -2.48. The van der Waals surface area contributed by atoms with Crippen LogP contribution in [0.15, 0.2) is 42.6 Å². The lowest BCUT2D eigenvalue weighted by atomic mass is 10.2. The van der Waals surface area contributed by atoms with E-state index in [1.807, 2.05) is 23.2 Å². The van der Waals surface area contributed by atoms with Crippen molar-refractivity contribution < 1.29 is 9.18 Å². The smallest absolute Gasteiger partial charge is 0.223 e. The van der Waals surface area contributed by atoms with Crippen LogP contribution in [0.2, 0.25) is 0 Å². The minimum absolute atomic E-state index is 0.202. The lowest BCUT2D eigenvalue weighted by Gasteiger charge is -2.36. The van der Waals surface area contributed by atoms with Crippen LogP contribution in [-0.4, -0.2) is 42.0 Å². The molecule has 0 unspecified atom stereocenters. The summed E-state index contributed by atoms with van der Waals surface area (Å²) in [6, 6.07) is 10.5. The van der Waals surface area contributed by atoms with Gasteiger partial charge >= 0.3 is 0 Å². The van der Waals surface area contributed by atoms with E-state index in [0.717, 1.165) is 44.0 Å². The highest BCUT2D eigenvalue weighted by molar-refractivity contribution is 5.76. The Kier molecular flexibility index (Phi) is 4.42. The normalized spacial score (nSPS) is 15.1. The maximum Gasteiger partial charge on any atom is 0.223 e. The third-order valence-corrected chi connectivity index (χ3v) is 4.09. The minimum Gasteiger partial charge on any atom is -0.368 e. The molecule has 2 heterocycles. The van der Waals surface area contributed by atoms with Gasteiger partial charge in [0.2, 0.25) is 5.91 Å². The summed E-state index contributed by atoms with van der Waals surface area (Å²) in [5.74, 6) is -0.0183. The number of benzene rings is 1. The Morgan fingerprint density at radius 2 is 1.82 bits per heavy atom. The Bertz CT molecular complexity index is 601. The zero-order valence-corrected chi connectivity index (χ0v) is 12.5. The van der Waals surface area contributed by atoms with Gasteiger partial charge in [-0.15, -0.1) is 0 Å². The van der Waals surface area contributed by atoms with Gasteiger partial charge in [0.05, 0.1) is 0 Å². The van der Waals surface area contributed by atoms with E-state index in [2.05, 4.69) is 9.88 Å². The quantitative estimate of drug-likeness (QED) is 0.942. The van der Waals surface area contributed by atoms with Crippen LogP contribution in [0.25, 0.3) is 0 Å². The molecule has 1 N–H and O–H groups in total. The Morgan fingerprint density at radius 1 is 1.09 bits per heavy atom. The van der Waals surface area contributed by atoms with Crippen molar-refractivity contribution in [1.82, 2.24) is 9.88 Å². The van der Waals surface area contributed by atoms with Gasteiger partial charge in [-0.2, -0.15) is 0 Å². The van der Waals surface area contributed by atoms with Crippen LogP contribution >= 0.6 is 0 Å². The Hall–Kier alpha value is -2.30. The number of hydrogen-bond acceptors (Lipinski definition) is 2. The van der Waals surface area contributed by atoms with Crippen molar-refractivity contribution in [3.63, 3.8) is 0 Å². The van der Waals surface area contributed by atoms with Crippen molar-refractivity contribution in [2.45, 2.75) is 12.8 Å². The van der Waals surface area contributed by atoms with E-state index in [1.54, 1.807) is 12.1 Å². The van der Waals surface area contributed by atoms with Gasteiger partial charge in [-0.05, 0) is 42.8 Å². The summed E-state index contributed by atoms with van der Waals surface area (Å²) in [6.45, 7) is 3.03. The number of anilines is 1. The van der Waals surface area contributed by atoms with Crippen molar-refractivity contribution in [1.29, 1.82) is 0 Å². The van der Waals surface area contributed by atoms with Gasteiger partial charge in [0.1, 0.15) is 5.82 Å². The van der Waals surface area contributed by atoms with Crippen molar-refractivity contribution in [2.75, 3.05) is 31.1 Å². The molecule has 1 aliphatic heterocycles. The summed E-state index contributed by atoms with van der Waals surface area (Å²) >= 11 is 0. The largest absolute Gasteiger partial charge is 0.368 e. The number of amides is 1. The molecule has 5 heteroatoms. The number of aromatic amines is 1. The fourth-order valence-corrected chi connectivity index (χ4v) is 2.79. The molecule has 0 atom stereocenters. The molecule has 1 saturated heterocycles. The molecule has 1 amide bonds.